The molecule has 0 aliphatic carbocycles. The third kappa shape index (κ3) is 5.09. The lowest BCUT2D eigenvalue weighted by Crippen LogP contribution is -2.55. The van der Waals surface area contributed by atoms with Crippen molar-refractivity contribution in [3.8, 4) is 0 Å². The van der Waals surface area contributed by atoms with Crippen LogP contribution in [-0.4, -0.2) is 47.9 Å². The van der Waals surface area contributed by atoms with Crippen molar-refractivity contribution in [3.63, 3.8) is 0 Å². The van der Waals surface area contributed by atoms with Crippen molar-refractivity contribution in [2.24, 2.45) is 0 Å². The number of urea groups is 1. The SMILES string of the molecule is CCCN1CCN(C(=O)NC(Cc2ccccc2)c2ccccc2)CC1=O. The lowest BCUT2D eigenvalue weighted by Gasteiger charge is -2.35. The number of nitrogens with one attached hydrogen (secondary N) is 1. The van der Waals surface area contributed by atoms with Crippen molar-refractivity contribution >= 4 is 11.9 Å². The summed E-state index contributed by atoms with van der Waals surface area (Å²) in [5, 5.41) is 3.14. The monoisotopic (exact) mass is 365 g/mol. The molecule has 0 radical (unpaired) electrons. The van der Waals surface area contributed by atoms with Crippen LogP contribution in [0.25, 0.3) is 0 Å². The summed E-state index contributed by atoms with van der Waals surface area (Å²) in [5.74, 6) is 0.0255. The second-order valence-corrected chi connectivity index (χ2v) is 6.90. The highest BCUT2D eigenvalue weighted by atomic mass is 16.2. The van der Waals surface area contributed by atoms with Crippen molar-refractivity contribution in [1.82, 2.24) is 15.1 Å². The summed E-state index contributed by atoms with van der Waals surface area (Å²) < 4.78 is 0. The van der Waals surface area contributed by atoms with E-state index in [0.29, 0.717) is 19.5 Å². The van der Waals surface area contributed by atoms with E-state index in [0.717, 1.165) is 24.1 Å². The van der Waals surface area contributed by atoms with Gasteiger partial charge in [0, 0.05) is 19.6 Å². The Balaban J connectivity index is 1.68. The van der Waals surface area contributed by atoms with Crippen LogP contribution in [-0.2, 0) is 11.2 Å². The summed E-state index contributed by atoms with van der Waals surface area (Å²) in [6.07, 6.45) is 1.64. The Morgan fingerprint density at radius 3 is 2.33 bits per heavy atom. The molecule has 0 bridgehead atoms. The molecule has 2 aromatic rings. The number of carbonyl (C=O) groups excluding carboxylic acids is 2. The number of benzene rings is 2. The fraction of sp³-hybridized carbons (Fsp3) is 0.364. The third-order valence-corrected chi connectivity index (χ3v) is 4.88. The zero-order valence-electron chi connectivity index (χ0n) is 15.8. The van der Waals surface area contributed by atoms with Crippen molar-refractivity contribution in [2.45, 2.75) is 25.8 Å². The number of carbonyl (C=O) groups is 2. The standard InChI is InChI=1S/C22H27N3O2/c1-2-13-24-14-15-25(17-21(24)26)22(27)23-20(19-11-7-4-8-12-19)16-18-9-5-3-6-10-18/h3-12,20H,2,13-17H2,1H3,(H,23,27). The van der Waals surface area contributed by atoms with Gasteiger partial charge in [0.2, 0.25) is 5.91 Å². The molecule has 0 saturated carbocycles. The van der Waals surface area contributed by atoms with Gasteiger partial charge in [-0.2, -0.15) is 0 Å². The topological polar surface area (TPSA) is 52.6 Å². The first-order chi connectivity index (χ1) is 13.2. The van der Waals surface area contributed by atoms with E-state index in [1.807, 2.05) is 53.4 Å². The maximum absolute atomic E-state index is 12.8. The fourth-order valence-corrected chi connectivity index (χ4v) is 3.42. The van der Waals surface area contributed by atoms with Crippen LogP contribution in [0.1, 0.15) is 30.5 Å². The second-order valence-electron chi connectivity index (χ2n) is 6.90. The second kappa shape index (κ2) is 9.21. The molecule has 2 aromatic carbocycles. The molecule has 142 valence electrons. The molecule has 1 unspecified atom stereocenters. The van der Waals surface area contributed by atoms with Crippen LogP contribution < -0.4 is 5.32 Å². The lowest BCUT2D eigenvalue weighted by atomic mass is 9.99. The fourth-order valence-electron chi connectivity index (χ4n) is 3.42. The summed E-state index contributed by atoms with van der Waals surface area (Å²) >= 11 is 0. The van der Waals surface area contributed by atoms with Crippen LogP contribution in [0.4, 0.5) is 4.79 Å². The lowest BCUT2D eigenvalue weighted by molar-refractivity contribution is -0.134. The molecule has 1 heterocycles. The zero-order chi connectivity index (χ0) is 19.1. The van der Waals surface area contributed by atoms with E-state index in [4.69, 9.17) is 0 Å². The van der Waals surface area contributed by atoms with E-state index in [1.165, 1.54) is 0 Å². The van der Waals surface area contributed by atoms with Crippen molar-refractivity contribution in [3.05, 3.63) is 71.8 Å². The summed E-state index contributed by atoms with van der Waals surface area (Å²) in [4.78, 5) is 28.5. The molecule has 1 N–H and O–H groups in total. The van der Waals surface area contributed by atoms with E-state index in [1.54, 1.807) is 4.90 Å². The highest BCUT2D eigenvalue weighted by molar-refractivity contribution is 5.85. The van der Waals surface area contributed by atoms with E-state index in [2.05, 4.69) is 24.4 Å². The van der Waals surface area contributed by atoms with Gasteiger partial charge in [-0.3, -0.25) is 4.79 Å². The highest BCUT2D eigenvalue weighted by Crippen LogP contribution is 2.19. The zero-order valence-corrected chi connectivity index (χ0v) is 15.8. The van der Waals surface area contributed by atoms with Crippen LogP contribution in [0.3, 0.4) is 0 Å². The number of amides is 3. The predicted octanol–water partition coefficient (Wildman–Crippen LogP) is 3.23. The summed E-state index contributed by atoms with van der Waals surface area (Å²) in [6, 6.07) is 19.8. The number of nitrogens with zero attached hydrogens (tertiary/aromatic N) is 2. The Morgan fingerprint density at radius 2 is 1.70 bits per heavy atom. The van der Waals surface area contributed by atoms with Crippen LogP contribution in [0.5, 0.6) is 0 Å². The number of rotatable bonds is 6. The molecule has 0 aromatic heterocycles. The molecule has 0 spiro atoms. The quantitative estimate of drug-likeness (QED) is 0.854. The first-order valence-corrected chi connectivity index (χ1v) is 9.59. The van der Waals surface area contributed by atoms with E-state index in [-0.39, 0.29) is 24.5 Å². The molecule has 1 aliphatic heterocycles. The van der Waals surface area contributed by atoms with E-state index < -0.39 is 0 Å². The smallest absolute Gasteiger partial charge is 0.318 e. The average molecular weight is 365 g/mol. The molecule has 1 aliphatic rings. The van der Waals surface area contributed by atoms with E-state index in [9.17, 15) is 9.59 Å². The molecule has 5 nitrogen and oxygen atoms in total. The Morgan fingerprint density at radius 1 is 1.04 bits per heavy atom. The Labute approximate surface area is 161 Å². The van der Waals surface area contributed by atoms with Crippen LogP contribution in [0, 0.1) is 0 Å². The van der Waals surface area contributed by atoms with Gasteiger partial charge in [0.25, 0.3) is 0 Å². The third-order valence-electron chi connectivity index (χ3n) is 4.88. The summed E-state index contributed by atoms with van der Waals surface area (Å²) in [6.45, 7) is 4.15. The van der Waals surface area contributed by atoms with Crippen molar-refractivity contribution in [2.75, 3.05) is 26.2 Å². The highest BCUT2D eigenvalue weighted by Gasteiger charge is 2.28. The average Bonchev–Trinajstić information content (AvgIpc) is 2.70. The van der Waals surface area contributed by atoms with Gasteiger partial charge in [0.15, 0.2) is 0 Å². The van der Waals surface area contributed by atoms with Crippen LogP contribution in [0.2, 0.25) is 0 Å². The molecule has 5 heteroatoms. The number of hydrogen-bond acceptors (Lipinski definition) is 2. The van der Waals surface area contributed by atoms with Gasteiger partial charge < -0.3 is 15.1 Å². The van der Waals surface area contributed by atoms with Gasteiger partial charge in [0.05, 0.1) is 6.04 Å². The molecule has 27 heavy (non-hydrogen) atoms. The molecule has 1 fully saturated rings. The Hall–Kier alpha value is -2.82. The van der Waals surface area contributed by atoms with Crippen LogP contribution >= 0.6 is 0 Å². The summed E-state index contributed by atoms with van der Waals surface area (Å²) in [5.41, 5.74) is 2.22. The van der Waals surface area contributed by atoms with Gasteiger partial charge in [-0.1, -0.05) is 67.6 Å². The van der Waals surface area contributed by atoms with Crippen LogP contribution in [0.15, 0.2) is 60.7 Å². The van der Waals surface area contributed by atoms with Gasteiger partial charge in [-0.15, -0.1) is 0 Å². The van der Waals surface area contributed by atoms with Crippen molar-refractivity contribution < 1.29 is 9.59 Å². The normalized spacial score (nSPS) is 15.5. The van der Waals surface area contributed by atoms with Crippen molar-refractivity contribution in [1.29, 1.82) is 0 Å². The minimum Gasteiger partial charge on any atom is -0.339 e. The van der Waals surface area contributed by atoms with Gasteiger partial charge in [-0.05, 0) is 24.0 Å². The maximum Gasteiger partial charge on any atom is 0.318 e. The first kappa shape index (κ1) is 19.0. The molecule has 1 saturated heterocycles. The van der Waals surface area contributed by atoms with Gasteiger partial charge >= 0.3 is 6.03 Å². The molecular weight excluding hydrogens is 338 g/mol. The first-order valence-electron chi connectivity index (χ1n) is 9.59. The van der Waals surface area contributed by atoms with Gasteiger partial charge in [0.1, 0.15) is 6.54 Å². The maximum atomic E-state index is 12.8. The Bertz CT molecular complexity index is 749. The van der Waals surface area contributed by atoms with E-state index >= 15 is 0 Å². The van der Waals surface area contributed by atoms with Gasteiger partial charge in [-0.25, -0.2) is 4.79 Å². The molecular formula is C22H27N3O2. The molecule has 3 amide bonds. The predicted molar refractivity (Wildman–Crippen MR) is 106 cm³/mol. The number of piperazine rings is 1. The Kier molecular flexibility index (Phi) is 6.47. The number of hydrogen-bond donors (Lipinski definition) is 1. The largest absolute Gasteiger partial charge is 0.339 e. The minimum absolute atomic E-state index is 0.0255. The molecule has 3 rings (SSSR count). The molecule has 1 atom stereocenters. The minimum atomic E-state index is -0.177. The summed E-state index contributed by atoms with van der Waals surface area (Å²) in [7, 11) is 0.